The Balaban J connectivity index is 1.51. The maximum atomic E-state index is 13.6. The van der Waals surface area contributed by atoms with Crippen molar-refractivity contribution in [2.24, 2.45) is 0 Å². The van der Waals surface area contributed by atoms with Gasteiger partial charge in [0.15, 0.2) is 11.6 Å². The summed E-state index contributed by atoms with van der Waals surface area (Å²) in [4.78, 5) is 27.1. The van der Waals surface area contributed by atoms with Crippen molar-refractivity contribution in [3.05, 3.63) is 46.9 Å². The lowest BCUT2D eigenvalue weighted by Gasteiger charge is -2.25. The molecule has 0 fully saturated rings. The molecule has 3 aromatic heterocycles. The van der Waals surface area contributed by atoms with Crippen LogP contribution in [0.5, 0.6) is 0 Å². The number of carbonyl (C=O) groups is 1. The van der Waals surface area contributed by atoms with Crippen molar-refractivity contribution in [1.29, 1.82) is 0 Å². The molecule has 0 saturated heterocycles. The van der Waals surface area contributed by atoms with Gasteiger partial charge in [0.2, 0.25) is 0 Å². The average molecular weight is 477 g/mol. The smallest absolute Gasteiger partial charge is 0.260 e. The zero-order chi connectivity index (χ0) is 24.7. The number of aromatic nitrogens is 5. The van der Waals surface area contributed by atoms with Crippen LogP contribution in [-0.4, -0.2) is 57.4 Å². The van der Waals surface area contributed by atoms with Gasteiger partial charge < -0.3 is 19.5 Å². The number of anilines is 2. The van der Waals surface area contributed by atoms with E-state index in [0.29, 0.717) is 49.2 Å². The molecule has 5 rings (SSSR count). The number of pyridine rings is 2. The highest BCUT2D eigenvalue weighted by Crippen LogP contribution is 2.33. The average Bonchev–Trinajstić information content (AvgIpc) is 3.45. The van der Waals surface area contributed by atoms with Crippen LogP contribution in [-0.2, 0) is 24.4 Å². The topological polar surface area (TPSA) is 101 Å². The van der Waals surface area contributed by atoms with Crippen LogP contribution in [0.15, 0.2) is 24.3 Å². The zero-order valence-electron chi connectivity index (χ0n) is 20.9. The molecule has 184 valence electrons. The van der Waals surface area contributed by atoms with Gasteiger partial charge in [0, 0.05) is 25.2 Å². The molecule has 1 amide bonds. The minimum absolute atomic E-state index is 0.0640. The van der Waals surface area contributed by atoms with E-state index >= 15 is 0 Å². The monoisotopic (exact) mass is 476 g/mol. The second-order valence-electron chi connectivity index (χ2n) is 9.35. The number of amides is 1. The zero-order valence-corrected chi connectivity index (χ0v) is 20.9. The van der Waals surface area contributed by atoms with E-state index in [9.17, 15) is 4.79 Å². The van der Waals surface area contributed by atoms with Crippen molar-refractivity contribution < 1.29 is 9.53 Å². The quantitative estimate of drug-likeness (QED) is 0.556. The van der Waals surface area contributed by atoms with E-state index in [-0.39, 0.29) is 18.0 Å². The van der Waals surface area contributed by atoms with E-state index in [2.05, 4.69) is 45.8 Å². The van der Waals surface area contributed by atoms with Gasteiger partial charge in [-0.3, -0.25) is 9.69 Å². The second-order valence-corrected chi connectivity index (χ2v) is 9.35. The van der Waals surface area contributed by atoms with Crippen LogP contribution in [0.2, 0.25) is 0 Å². The van der Waals surface area contributed by atoms with Crippen LogP contribution in [0.1, 0.15) is 60.7 Å². The fourth-order valence-corrected chi connectivity index (χ4v) is 4.64. The van der Waals surface area contributed by atoms with Crippen LogP contribution in [0, 0.1) is 0 Å². The lowest BCUT2D eigenvalue weighted by atomic mass is 10.1. The van der Waals surface area contributed by atoms with E-state index in [1.54, 1.807) is 4.90 Å². The molecule has 10 heteroatoms. The minimum Gasteiger partial charge on any atom is -0.371 e. The summed E-state index contributed by atoms with van der Waals surface area (Å²) in [7, 11) is 3.89. The van der Waals surface area contributed by atoms with E-state index in [4.69, 9.17) is 14.7 Å². The number of ether oxygens (including phenoxy) is 1. The van der Waals surface area contributed by atoms with Gasteiger partial charge in [0.1, 0.15) is 23.9 Å². The highest BCUT2D eigenvalue weighted by molar-refractivity contribution is 6.10. The Hall–Kier alpha value is -3.37. The number of hydrogen-bond acceptors (Lipinski definition) is 8. The molecule has 2 aliphatic rings. The third kappa shape index (κ3) is 4.06. The van der Waals surface area contributed by atoms with Gasteiger partial charge in [0.25, 0.3) is 5.91 Å². The van der Waals surface area contributed by atoms with Crippen molar-refractivity contribution >= 4 is 17.5 Å². The summed E-state index contributed by atoms with van der Waals surface area (Å²) in [5, 5.41) is 11.9. The van der Waals surface area contributed by atoms with Gasteiger partial charge in [-0.2, -0.15) is 0 Å². The molecule has 0 saturated carbocycles. The largest absolute Gasteiger partial charge is 0.371 e. The molecule has 35 heavy (non-hydrogen) atoms. The molecule has 0 spiro atoms. The van der Waals surface area contributed by atoms with Crippen LogP contribution in [0.25, 0.3) is 11.5 Å². The fraction of sp³-hybridized carbons (Fsp3) is 0.480. The van der Waals surface area contributed by atoms with Gasteiger partial charge in [-0.05, 0) is 45.5 Å². The summed E-state index contributed by atoms with van der Waals surface area (Å²) in [5.41, 5.74) is 3.21. The Bertz CT molecular complexity index is 1250. The Morgan fingerprint density at radius 1 is 1.26 bits per heavy atom. The molecule has 0 aliphatic carbocycles. The highest BCUT2D eigenvalue weighted by atomic mass is 16.5. The first-order valence-electron chi connectivity index (χ1n) is 12.1. The summed E-state index contributed by atoms with van der Waals surface area (Å²) in [6.07, 6.45) is 0.909. The van der Waals surface area contributed by atoms with Gasteiger partial charge >= 0.3 is 0 Å². The van der Waals surface area contributed by atoms with Crippen LogP contribution < -0.4 is 15.1 Å². The van der Waals surface area contributed by atoms with E-state index in [1.165, 1.54) is 0 Å². The molecule has 5 heterocycles. The third-order valence-electron chi connectivity index (χ3n) is 6.85. The molecular weight excluding hydrogens is 444 g/mol. The molecule has 2 aliphatic heterocycles. The van der Waals surface area contributed by atoms with Crippen molar-refractivity contribution in [2.75, 3.05) is 30.5 Å². The molecule has 3 aromatic rings. The van der Waals surface area contributed by atoms with Crippen LogP contribution in [0.3, 0.4) is 0 Å². The van der Waals surface area contributed by atoms with Crippen molar-refractivity contribution in [3.8, 4) is 11.5 Å². The lowest BCUT2D eigenvalue weighted by molar-refractivity contribution is 0.0542. The fourth-order valence-electron chi connectivity index (χ4n) is 4.64. The molecular formula is C25H32N8O2. The van der Waals surface area contributed by atoms with E-state index in [1.807, 2.05) is 38.4 Å². The summed E-state index contributed by atoms with van der Waals surface area (Å²) in [6.45, 7) is 8.43. The molecule has 0 aromatic carbocycles. The van der Waals surface area contributed by atoms with Crippen LogP contribution >= 0.6 is 0 Å². The standard InChI is InChI=1S/C25H32N8O2/c1-6-16-13-35-14-23-29-30-24(33(16)23)19-8-7-9-21(27-19)32-12-18-17(25(32)34)10-22(31(5)15(2)3)28-20(18)11-26-4/h7-10,15-16,26H,6,11-14H2,1-5H3/t16-/m0/s1. The summed E-state index contributed by atoms with van der Waals surface area (Å²) in [5.74, 6) is 2.84. The highest BCUT2D eigenvalue weighted by Gasteiger charge is 2.34. The normalized spacial score (nSPS) is 17.1. The van der Waals surface area contributed by atoms with Gasteiger partial charge in [-0.25, -0.2) is 9.97 Å². The van der Waals surface area contributed by atoms with Gasteiger partial charge in [0.05, 0.1) is 30.5 Å². The maximum absolute atomic E-state index is 13.6. The maximum Gasteiger partial charge on any atom is 0.260 e. The van der Waals surface area contributed by atoms with Crippen LogP contribution in [0.4, 0.5) is 11.6 Å². The second kappa shape index (κ2) is 9.35. The lowest BCUT2D eigenvalue weighted by Crippen LogP contribution is -2.27. The number of hydrogen-bond donors (Lipinski definition) is 1. The predicted molar refractivity (Wildman–Crippen MR) is 133 cm³/mol. The Labute approximate surface area is 205 Å². The third-order valence-corrected chi connectivity index (χ3v) is 6.85. The number of carbonyl (C=O) groups excluding carboxylic acids is 1. The first-order valence-corrected chi connectivity index (χ1v) is 12.1. The van der Waals surface area contributed by atoms with Gasteiger partial charge in [-0.15, -0.1) is 10.2 Å². The number of fused-ring (bicyclic) bond motifs is 2. The Morgan fingerprint density at radius 2 is 2.09 bits per heavy atom. The Morgan fingerprint density at radius 3 is 2.83 bits per heavy atom. The SMILES string of the molecule is CC[C@H]1COCc2nnc(-c3cccc(N4Cc5c(cc(N(C)C(C)C)nc5CNC)C4=O)n3)n21. The number of rotatable bonds is 7. The van der Waals surface area contributed by atoms with Crippen molar-refractivity contribution in [2.45, 2.75) is 59.0 Å². The molecule has 0 radical (unpaired) electrons. The molecule has 10 nitrogen and oxygen atoms in total. The molecule has 1 N–H and O–H groups in total. The number of nitrogens with zero attached hydrogens (tertiary/aromatic N) is 7. The Kier molecular flexibility index (Phi) is 6.24. The van der Waals surface area contributed by atoms with E-state index in [0.717, 1.165) is 29.3 Å². The summed E-state index contributed by atoms with van der Waals surface area (Å²) in [6, 6.07) is 8.04. The van der Waals surface area contributed by atoms with Crippen molar-refractivity contribution in [3.63, 3.8) is 0 Å². The first-order chi connectivity index (χ1) is 16.9. The molecule has 1 atom stereocenters. The van der Waals surface area contributed by atoms with Gasteiger partial charge in [-0.1, -0.05) is 13.0 Å². The first kappa shape index (κ1) is 23.4. The minimum atomic E-state index is -0.0640. The van der Waals surface area contributed by atoms with E-state index < -0.39 is 0 Å². The predicted octanol–water partition coefficient (Wildman–Crippen LogP) is 2.94. The molecule has 0 bridgehead atoms. The van der Waals surface area contributed by atoms with Crippen molar-refractivity contribution in [1.82, 2.24) is 30.0 Å². The summed E-state index contributed by atoms with van der Waals surface area (Å²) < 4.78 is 7.79. The molecule has 0 unspecified atom stereocenters. The number of nitrogens with one attached hydrogen (secondary N) is 1. The summed E-state index contributed by atoms with van der Waals surface area (Å²) >= 11 is 0.